The van der Waals surface area contributed by atoms with E-state index in [-0.39, 0.29) is 12.4 Å². The second-order valence-electron chi connectivity index (χ2n) is 5.67. The van der Waals surface area contributed by atoms with E-state index in [2.05, 4.69) is 36.2 Å². The van der Waals surface area contributed by atoms with Crippen LogP contribution in [-0.4, -0.2) is 14.7 Å². The molecule has 0 bridgehead atoms. The summed E-state index contributed by atoms with van der Waals surface area (Å²) in [7, 11) is 0. The molecule has 3 aromatic rings. The van der Waals surface area contributed by atoms with E-state index in [1.54, 1.807) is 12.1 Å². The lowest BCUT2D eigenvalue weighted by atomic mass is 10.1. The number of thioether (sulfide) groups is 1. The summed E-state index contributed by atoms with van der Waals surface area (Å²) in [4.78, 5) is 4.44. The van der Waals surface area contributed by atoms with Crippen molar-refractivity contribution < 1.29 is 9.50 Å². The fourth-order valence-electron chi connectivity index (χ4n) is 2.40. The second kappa shape index (κ2) is 7.64. The van der Waals surface area contributed by atoms with Crippen molar-refractivity contribution in [3.63, 3.8) is 0 Å². The molecule has 3 rings (SSSR count). The molecule has 2 aromatic carbocycles. The Morgan fingerprint density at radius 3 is 2.58 bits per heavy atom. The van der Waals surface area contributed by atoms with E-state index < -0.39 is 0 Å². The van der Waals surface area contributed by atoms with Gasteiger partial charge in [0.25, 0.3) is 0 Å². The lowest BCUT2D eigenvalue weighted by molar-refractivity contribution is 0.277. The van der Waals surface area contributed by atoms with E-state index in [0.717, 1.165) is 10.7 Å². The van der Waals surface area contributed by atoms with Crippen LogP contribution in [0.2, 0.25) is 0 Å². The van der Waals surface area contributed by atoms with Gasteiger partial charge in [-0.05, 0) is 24.1 Å². The zero-order valence-electron chi connectivity index (χ0n) is 13.4. The molecule has 0 spiro atoms. The van der Waals surface area contributed by atoms with Crippen molar-refractivity contribution in [3.05, 3.63) is 82.9 Å². The number of hydrogen-bond acceptors (Lipinski definition) is 3. The Morgan fingerprint density at radius 1 is 1.12 bits per heavy atom. The molecular weight excluding hydrogens is 323 g/mol. The summed E-state index contributed by atoms with van der Waals surface area (Å²) in [6, 6.07) is 15.1. The molecule has 0 fully saturated rings. The lowest BCUT2D eigenvalue weighted by Gasteiger charge is -2.08. The number of aliphatic hydroxyl groups excluding tert-OH is 1. The summed E-state index contributed by atoms with van der Waals surface area (Å²) in [5.41, 5.74) is 3.65. The highest BCUT2D eigenvalue weighted by Gasteiger charge is 2.10. The second-order valence-corrected chi connectivity index (χ2v) is 6.61. The van der Waals surface area contributed by atoms with Gasteiger partial charge in [0.1, 0.15) is 5.82 Å². The Morgan fingerprint density at radius 2 is 1.88 bits per heavy atom. The van der Waals surface area contributed by atoms with Gasteiger partial charge in [-0.3, -0.25) is 0 Å². The Labute approximate surface area is 145 Å². The fraction of sp³-hybridized carbons (Fsp3) is 0.211. The summed E-state index contributed by atoms with van der Waals surface area (Å²) in [5, 5.41) is 10.1. The summed E-state index contributed by atoms with van der Waals surface area (Å²) in [6.07, 6.45) is 1.85. The van der Waals surface area contributed by atoms with Gasteiger partial charge < -0.3 is 9.67 Å². The topological polar surface area (TPSA) is 38.0 Å². The molecule has 5 heteroatoms. The first kappa shape index (κ1) is 16.7. The average Bonchev–Trinajstić information content (AvgIpc) is 2.98. The largest absolute Gasteiger partial charge is 0.390 e. The Hall–Kier alpha value is -2.11. The third-order valence-electron chi connectivity index (χ3n) is 3.74. The molecule has 124 valence electrons. The van der Waals surface area contributed by atoms with Gasteiger partial charge in [0.2, 0.25) is 0 Å². The van der Waals surface area contributed by atoms with E-state index in [4.69, 9.17) is 0 Å². The lowest BCUT2D eigenvalue weighted by Crippen LogP contribution is -2.00. The minimum absolute atomic E-state index is 0.103. The van der Waals surface area contributed by atoms with Crippen molar-refractivity contribution in [1.82, 2.24) is 9.55 Å². The van der Waals surface area contributed by atoms with Crippen molar-refractivity contribution in [2.75, 3.05) is 0 Å². The molecule has 0 amide bonds. The molecule has 3 nitrogen and oxygen atoms in total. The van der Waals surface area contributed by atoms with Crippen LogP contribution in [0.15, 0.2) is 59.9 Å². The average molecular weight is 342 g/mol. The molecule has 1 aromatic heterocycles. The zero-order chi connectivity index (χ0) is 16.9. The van der Waals surface area contributed by atoms with Crippen LogP contribution in [0.4, 0.5) is 4.39 Å². The normalized spacial score (nSPS) is 11.0. The van der Waals surface area contributed by atoms with Crippen molar-refractivity contribution in [1.29, 1.82) is 0 Å². The van der Waals surface area contributed by atoms with Crippen LogP contribution in [0.25, 0.3) is 0 Å². The molecule has 0 radical (unpaired) electrons. The molecule has 0 unspecified atom stereocenters. The molecule has 0 aliphatic carbocycles. The molecule has 1 N–H and O–H groups in total. The third kappa shape index (κ3) is 4.04. The standard InChI is InChI=1S/C19H19FN2OS/c1-14-6-8-15(9-7-14)10-22-11-17(12-23)21-19(22)24-13-16-4-2-3-5-18(16)20/h2-9,11,23H,10,12-13H2,1H3. The van der Waals surface area contributed by atoms with Gasteiger partial charge in [-0.15, -0.1) is 0 Å². The predicted octanol–water partition coefficient (Wildman–Crippen LogP) is 4.16. The number of rotatable bonds is 6. The predicted molar refractivity (Wildman–Crippen MR) is 94.4 cm³/mol. The van der Waals surface area contributed by atoms with Crippen LogP contribution < -0.4 is 0 Å². The zero-order valence-corrected chi connectivity index (χ0v) is 14.3. The highest BCUT2D eigenvalue weighted by Crippen LogP contribution is 2.24. The van der Waals surface area contributed by atoms with Crippen LogP contribution in [0.5, 0.6) is 0 Å². The van der Waals surface area contributed by atoms with Gasteiger partial charge in [-0.2, -0.15) is 0 Å². The summed E-state index contributed by atoms with van der Waals surface area (Å²) in [6.45, 7) is 2.63. The van der Waals surface area contributed by atoms with Gasteiger partial charge in [0.05, 0.1) is 12.3 Å². The summed E-state index contributed by atoms with van der Waals surface area (Å²) < 4.78 is 15.8. The van der Waals surface area contributed by atoms with E-state index in [0.29, 0.717) is 23.6 Å². The number of imidazole rings is 1. The van der Waals surface area contributed by atoms with Crippen LogP contribution in [0.1, 0.15) is 22.4 Å². The van der Waals surface area contributed by atoms with Crippen molar-refractivity contribution in [2.24, 2.45) is 0 Å². The molecular formula is C19H19FN2OS. The smallest absolute Gasteiger partial charge is 0.168 e. The Balaban J connectivity index is 1.78. The van der Waals surface area contributed by atoms with E-state index >= 15 is 0 Å². The highest BCUT2D eigenvalue weighted by atomic mass is 32.2. The molecule has 0 aliphatic heterocycles. The number of benzene rings is 2. The molecule has 0 saturated carbocycles. The molecule has 0 aliphatic rings. The van der Waals surface area contributed by atoms with E-state index in [9.17, 15) is 9.50 Å². The van der Waals surface area contributed by atoms with Gasteiger partial charge in [-0.1, -0.05) is 59.8 Å². The fourth-order valence-corrected chi connectivity index (χ4v) is 3.39. The number of aliphatic hydroxyl groups is 1. The Bertz CT molecular complexity index is 814. The number of aromatic nitrogens is 2. The van der Waals surface area contributed by atoms with Crippen LogP contribution in [0.3, 0.4) is 0 Å². The molecule has 24 heavy (non-hydrogen) atoms. The maximum atomic E-state index is 13.8. The molecule has 0 atom stereocenters. The first-order chi connectivity index (χ1) is 11.7. The van der Waals surface area contributed by atoms with Crippen molar-refractivity contribution in [3.8, 4) is 0 Å². The minimum Gasteiger partial charge on any atom is -0.390 e. The van der Waals surface area contributed by atoms with E-state index in [1.165, 1.54) is 23.4 Å². The summed E-state index contributed by atoms with van der Waals surface area (Å²) >= 11 is 1.47. The number of halogens is 1. The van der Waals surface area contributed by atoms with Crippen LogP contribution in [-0.2, 0) is 18.9 Å². The Kier molecular flexibility index (Phi) is 5.33. The summed E-state index contributed by atoms with van der Waals surface area (Å²) in [5.74, 6) is 0.298. The van der Waals surface area contributed by atoms with Crippen molar-refractivity contribution in [2.45, 2.75) is 31.0 Å². The number of nitrogens with zero attached hydrogens (tertiary/aromatic N) is 2. The van der Waals surface area contributed by atoms with Gasteiger partial charge in [0.15, 0.2) is 5.16 Å². The number of aryl methyl sites for hydroxylation is 1. The van der Waals surface area contributed by atoms with Gasteiger partial charge in [0, 0.05) is 18.5 Å². The van der Waals surface area contributed by atoms with Gasteiger partial charge in [-0.25, -0.2) is 9.37 Å². The minimum atomic E-state index is -0.205. The molecule has 1 heterocycles. The number of hydrogen-bond donors (Lipinski definition) is 1. The van der Waals surface area contributed by atoms with E-state index in [1.807, 2.05) is 16.8 Å². The maximum absolute atomic E-state index is 13.8. The van der Waals surface area contributed by atoms with Gasteiger partial charge >= 0.3 is 0 Å². The van der Waals surface area contributed by atoms with Crippen molar-refractivity contribution >= 4 is 11.8 Å². The van der Waals surface area contributed by atoms with Crippen LogP contribution >= 0.6 is 11.8 Å². The highest BCUT2D eigenvalue weighted by molar-refractivity contribution is 7.98. The van der Waals surface area contributed by atoms with Crippen LogP contribution in [0, 0.1) is 12.7 Å². The first-order valence-corrected chi connectivity index (χ1v) is 8.73. The quantitative estimate of drug-likeness (QED) is 0.684. The molecule has 0 saturated heterocycles. The third-order valence-corrected chi connectivity index (χ3v) is 4.78. The monoisotopic (exact) mass is 342 g/mol. The maximum Gasteiger partial charge on any atom is 0.168 e. The SMILES string of the molecule is Cc1ccc(Cn2cc(CO)nc2SCc2ccccc2F)cc1. The first-order valence-electron chi connectivity index (χ1n) is 7.74.